The summed E-state index contributed by atoms with van der Waals surface area (Å²) in [5, 5.41) is 0. The highest BCUT2D eigenvalue weighted by atomic mass is 19.4. The Morgan fingerprint density at radius 2 is 1.89 bits per heavy atom. The molecule has 1 saturated heterocycles. The number of benzene rings is 2. The van der Waals surface area contributed by atoms with Gasteiger partial charge in [0.15, 0.2) is 0 Å². The first-order chi connectivity index (χ1) is 13.2. The first-order valence-electron chi connectivity index (χ1n) is 9.06. The summed E-state index contributed by atoms with van der Waals surface area (Å²) in [4.78, 5) is 28.3. The molecule has 2 aromatic carbocycles. The molecule has 0 radical (unpaired) electrons. The van der Waals surface area contributed by atoms with Crippen molar-refractivity contribution in [3.05, 3.63) is 59.7 Å². The van der Waals surface area contributed by atoms with Gasteiger partial charge in [0.25, 0.3) is 0 Å². The van der Waals surface area contributed by atoms with Crippen molar-refractivity contribution in [3.63, 3.8) is 0 Å². The van der Waals surface area contributed by atoms with Gasteiger partial charge in [0.1, 0.15) is 0 Å². The molecule has 7 heteroatoms. The van der Waals surface area contributed by atoms with Crippen LogP contribution in [0.5, 0.6) is 0 Å². The Bertz CT molecular complexity index is 895. The van der Waals surface area contributed by atoms with Gasteiger partial charge in [-0.2, -0.15) is 13.2 Å². The summed E-state index contributed by atoms with van der Waals surface area (Å²) < 4.78 is 38.9. The van der Waals surface area contributed by atoms with E-state index in [-0.39, 0.29) is 30.5 Å². The van der Waals surface area contributed by atoms with E-state index < -0.39 is 17.7 Å². The molecular weight excluding hydrogens is 369 g/mol. The maximum Gasteiger partial charge on any atom is 0.416 e. The fourth-order valence-electron chi connectivity index (χ4n) is 3.45. The van der Waals surface area contributed by atoms with E-state index in [4.69, 9.17) is 0 Å². The van der Waals surface area contributed by atoms with Crippen LogP contribution in [-0.2, 0) is 15.8 Å². The molecule has 148 valence electrons. The van der Waals surface area contributed by atoms with Crippen molar-refractivity contribution < 1.29 is 22.8 Å². The second-order valence-electron chi connectivity index (χ2n) is 6.87. The second kappa shape index (κ2) is 7.66. The predicted molar refractivity (Wildman–Crippen MR) is 101 cm³/mol. The number of nitrogens with zero attached hydrogens (tertiary/aromatic N) is 2. The summed E-state index contributed by atoms with van der Waals surface area (Å²) in [6, 6.07) is 12.1. The van der Waals surface area contributed by atoms with Gasteiger partial charge in [0.05, 0.1) is 11.5 Å². The quantitative estimate of drug-likeness (QED) is 0.775. The zero-order chi connectivity index (χ0) is 20.5. The summed E-state index contributed by atoms with van der Waals surface area (Å²) in [5.74, 6) is -1.14. The van der Waals surface area contributed by atoms with Crippen LogP contribution in [-0.4, -0.2) is 24.9 Å². The van der Waals surface area contributed by atoms with Crippen molar-refractivity contribution in [2.45, 2.75) is 26.4 Å². The largest absolute Gasteiger partial charge is 0.416 e. The fraction of sp³-hybridized carbons (Fsp3) is 0.333. The highest BCUT2D eigenvalue weighted by Gasteiger charge is 2.38. The lowest BCUT2D eigenvalue weighted by Gasteiger charge is -2.25. The molecule has 2 aromatic rings. The standard InChI is InChI=1S/C21H21F3N2O2/c1-3-25(17-8-4-6-14(2)10-17)20(28)15-11-19(27)26(13-15)18-9-5-7-16(12-18)21(22,23)24/h4-10,12,15H,3,11,13H2,1-2H3. The van der Waals surface area contributed by atoms with Crippen LogP contribution in [0.2, 0.25) is 0 Å². The van der Waals surface area contributed by atoms with Crippen molar-refractivity contribution in [3.8, 4) is 0 Å². The van der Waals surface area contributed by atoms with Crippen LogP contribution in [0.15, 0.2) is 48.5 Å². The number of halogens is 3. The lowest BCUT2D eigenvalue weighted by Crippen LogP contribution is -2.37. The molecule has 0 N–H and O–H groups in total. The Kier molecular flexibility index (Phi) is 5.45. The third-order valence-electron chi connectivity index (χ3n) is 4.86. The lowest BCUT2D eigenvalue weighted by molar-refractivity contribution is -0.137. The summed E-state index contributed by atoms with van der Waals surface area (Å²) in [5.41, 5.74) is 1.10. The van der Waals surface area contributed by atoms with Gasteiger partial charge in [-0.25, -0.2) is 0 Å². The molecular formula is C21H21F3N2O2. The Balaban J connectivity index is 1.81. The van der Waals surface area contributed by atoms with Gasteiger partial charge >= 0.3 is 6.18 Å². The molecule has 0 aromatic heterocycles. The molecule has 1 unspecified atom stereocenters. The lowest BCUT2D eigenvalue weighted by atomic mass is 10.1. The van der Waals surface area contributed by atoms with Crippen LogP contribution in [0.25, 0.3) is 0 Å². The van der Waals surface area contributed by atoms with Crippen molar-refractivity contribution >= 4 is 23.2 Å². The van der Waals surface area contributed by atoms with E-state index in [1.54, 1.807) is 4.90 Å². The maximum absolute atomic E-state index is 13.0. The number of carbonyl (C=O) groups excluding carboxylic acids is 2. The smallest absolute Gasteiger partial charge is 0.312 e. The van der Waals surface area contributed by atoms with Crippen LogP contribution in [0.3, 0.4) is 0 Å². The zero-order valence-electron chi connectivity index (χ0n) is 15.7. The van der Waals surface area contributed by atoms with Crippen LogP contribution in [0.1, 0.15) is 24.5 Å². The summed E-state index contributed by atoms with van der Waals surface area (Å²) in [7, 11) is 0. The van der Waals surface area contributed by atoms with Crippen LogP contribution in [0, 0.1) is 12.8 Å². The van der Waals surface area contributed by atoms with Crippen molar-refractivity contribution in [2.75, 3.05) is 22.9 Å². The van der Waals surface area contributed by atoms with Gasteiger partial charge < -0.3 is 9.80 Å². The molecule has 1 heterocycles. The van der Waals surface area contributed by atoms with Crippen molar-refractivity contribution in [1.29, 1.82) is 0 Å². The summed E-state index contributed by atoms with van der Waals surface area (Å²) in [6.45, 7) is 4.29. The maximum atomic E-state index is 13.0. The van der Waals surface area contributed by atoms with E-state index in [0.29, 0.717) is 6.54 Å². The summed E-state index contributed by atoms with van der Waals surface area (Å²) in [6.07, 6.45) is -4.50. The van der Waals surface area contributed by atoms with E-state index in [1.807, 2.05) is 38.1 Å². The number of rotatable bonds is 4. The Morgan fingerprint density at radius 1 is 1.18 bits per heavy atom. The normalized spacial score (nSPS) is 17.1. The number of alkyl halides is 3. The molecule has 0 bridgehead atoms. The molecule has 1 atom stereocenters. The van der Waals surface area contributed by atoms with Gasteiger partial charge in [-0.3, -0.25) is 9.59 Å². The van der Waals surface area contributed by atoms with Crippen molar-refractivity contribution in [1.82, 2.24) is 0 Å². The molecule has 0 spiro atoms. The SMILES string of the molecule is CCN(C(=O)C1CC(=O)N(c2cccc(C(F)(F)F)c2)C1)c1cccc(C)c1. The first kappa shape index (κ1) is 19.9. The second-order valence-corrected chi connectivity index (χ2v) is 6.87. The van der Waals surface area contributed by atoms with Crippen molar-refractivity contribution in [2.24, 2.45) is 5.92 Å². The third-order valence-corrected chi connectivity index (χ3v) is 4.86. The zero-order valence-corrected chi connectivity index (χ0v) is 15.7. The van der Waals surface area contributed by atoms with Crippen LogP contribution < -0.4 is 9.80 Å². The minimum atomic E-state index is -4.49. The van der Waals surface area contributed by atoms with E-state index in [1.165, 1.54) is 17.0 Å². The number of anilines is 2. The molecule has 3 rings (SSSR count). The molecule has 0 saturated carbocycles. The molecule has 4 nitrogen and oxygen atoms in total. The Labute approximate surface area is 161 Å². The monoisotopic (exact) mass is 390 g/mol. The van der Waals surface area contributed by atoms with Crippen LogP contribution >= 0.6 is 0 Å². The highest BCUT2D eigenvalue weighted by molar-refractivity contribution is 6.04. The summed E-state index contributed by atoms with van der Waals surface area (Å²) >= 11 is 0. The number of hydrogen-bond donors (Lipinski definition) is 0. The molecule has 2 amide bonds. The predicted octanol–water partition coefficient (Wildman–Crippen LogP) is 4.42. The number of carbonyl (C=O) groups is 2. The molecule has 1 fully saturated rings. The van der Waals surface area contributed by atoms with Gasteiger partial charge in [-0.1, -0.05) is 18.2 Å². The third kappa shape index (κ3) is 4.03. The Hall–Kier alpha value is -2.83. The van der Waals surface area contributed by atoms with E-state index in [0.717, 1.165) is 23.4 Å². The first-order valence-corrected chi connectivity index (χ1v) is 9.06. The van der Waals surface area contributed by atoms with E-state index in [9.17, 15) is 22.8 Å². The molecule has 1 aliphatic rings. The van der Waals surface area contributed by atoms with Gasteiger partial charge in [-0.15, -0.1) is 0 Å². The average molecular weight is 390 g/mol. The van der Waals surface area contributed by atoms with Gasteiger partial charge in [0, 0.05) is 30.9 Å². The minimum absolute atomic E-state index is 0.0165. The number of amides is 2. The average Bonchev–Trinajstić information content (AvgIpc) is 3.03. The number of hydrogen-bond acceptors (Lipinski definition) is 2. The van der Waals surface area contributed by atoms with Gasteiger partial charge in [-0.05, 0) is 49.7 Å². The molecule has 0 aliphatic carbocycles. The van der Waals surface area contributed by atoms with Gasteiger partial charge in [0.2, 0.25) is 11.8 Å². The Morgan fingerprint density at radius 3 is 2.54 bits per heavy atom. The highest BCUT2D eigenvalue weighted by Crippen LogP contribution is 2.34. The minimum Gasteiger partial charge on any atom is -0.312 e. The van der Waals surface area contributed by atoms with E-state index in [2.05, 4.69) is 0 Å². The number of aryl methyl sites for hydroxylation is 1. The van der Waals surface area contributed by atoms with Crippen LogP contribution in [0.4, 0.5) is 24.5 Å². The molecule has 1 aliphatic heterocycles. The topological polar surface area (TPSA) is 40.6 Å². The fourth-order valence-corrected chi connectivity index (χ4v) is 3.45. The van der Waals surface area contributed by atoms with E-state index >= 15 is 0 Å². The molecule has 28 heavy (non-hydrogen) atoms.